The highest BCUT2D eigenvalue weighted by Crippen LogP contribution is 2.26. The molecule has 0 saturated heterocycles. The lowest BCUT2D eigenvalue weighted by molar-refractivity contribution is 0.432. The van der Waals surface area contributed by atoms with Crippen molar-refractivity contribution >= 4 is 0 Å². The Morgan fingerprint density at radius 2 is 1.67 bits per heavy atom. The van der Waals surface area contributed by atoms with E-state index in [-0.39, 0.29) is 18.0 Å². The summed E-state index contributed by atoms with van der Waals surface area (Å²) in [7, 11) is 0. The van der Waals surface area contributed by atoms with Gasteiger partial charge in [-0.1, -0.05) is 6.07 Å². The highest BCUT2D eigenvalue weighted by atomic mass is 19.2. The first kappa shape index (κ1) is 12.4. The van der Waals surface area contributed by atoms with E-state index in [1.54, 1.807) is 6.07 Å². The van der Waals surface area contributed by atoms with Crippen LogP contribution in [0.1, 0.15) is 5.56 Å². The first-order chi connectivity index (χ1) is 8.60. The Labute approximate surface area is 102 Å². The predicted molar refractivity (Wildman–Crippen MR) is 60.7 cm³/mol. The quantitative estimate of drug-likeness (QED) is 0.910. The van der Waals surface area contributed by atoms with Gasteiger partial charge < -0.3 is 10.5 Å². The van der Waals surface area contributed by atoms with Crippen molar-refractivity contribution in [1.82, 2.24) is 0 Å². The van der Waals surface area contributed by atoms with Crippen LogP contribution in [0.5, 0.6) is 11.5 Å². The molecule has 0 radical (unpaired) electrons. The van der Waals surface area contributed by atoms with Gasteiger partial charge in [-0.15, -0.1) is 0 Å². The third-order valence-corrected chi connectivity index (χ3v) is 2.35. The number of hydrogen-bond donors (Lipinski definition) is 1. The second kappa shape index (κ2) is 5.10. The number of benzene rings is 2. The van der Waals surface area contributed by atoms with Crippen molar-refractivity contribution in [3.8, 4) is 11.5 Å². The molecule has 0 bridgehead atoms. The average Bonchev–Trinajstić information content (AvgIpc) is 2.36. The molecule has 2 nitrogen and oxygen atoms in total. The Balaban J connectivity index is 2.25. The number of ether oxygens (including phenoxy) is 1. The van der Waals surface area contributed by atoms with Gasteiger partial charge in [0.1, 0.15) is 5.75 Å². The van der Waals surface area contributed by atoms with E-state index in [0.717, 1.165) is 12.1 Å². The average molecular weight is 253 g/mol. The van der Waals surface area contributed by atoms with Crippen LogP contribution in [0, 0.1) is 17.5 Å². The van der Waals surface area contributed by atoms with Crippen molar-refractivity contribution in [3.05, 3.63) is 59.4 Å². The fourth-order valence-corrected chi connectivity index (χ4v) is 1.42. The van der Waals surface area contributed by atoms with E-state index in [2.05, 4.69) is 0 Å². The van der Waals surface area contributed by atoms with E-state index >= 15 is 0 Å². The molecule has 2 N–H and O–H groups in total. The standard InChI is InChI=1S/C13H10F3NO/c14-10-3-2-9(6-11(10)15)18-13-4-1-8(7-17)5-12(13)16/h1-6H,7,17H2. The zero-order valence-electron chi connectivity index (χ0n) is 9.29. The van der Waals surface area contributed by atoms with Crippen molar-refractivity contribution in [2.45, 2.75) is 6.54 Å². The summed E-state index contributed by atoms with van der Waals surface area (Å²) < 4.78 is 44.3. The SMILES string of the molecule is NCc1ccc(Oc2ccc(F)c(F)c2)c(F)c1. The zero-order chi connectivity index (χ0) is 13.1. The summed E-state index contributed by atoms with van der Waals surface area (Å²) in [6.45, 7) is 0.211. The molecular formula is C13H10F3NO. The molecule has 0 aliphatic rings. The van der Waals surface area contributed by atoms with E-state index in [9.17, 15) is 13.2 Å². The molecule has 0 atom stereocenters. The third-order valence-electron chi connectivity index (χ3n) is 2.35. The molecule has 0 fully saturated rings. The smallest absolute Gasteiger partial charge is 0.166 e. The van der Waals surface area contributed by atoms with Crippen molar-refractivity contribution in [1.29, 1.82) is 0 Å². The summed E-state index contributed by atoms with van der Waals surface area (Å²) >= 11 is 0. The number of nitrogens with two attached hydrogens (primary N) is 1. The van der Waals surface area contributed by atoms with Crippen molar-refractivity contribution in [2.75, 3.05) is 0 Å². The minimum Gasteiger partial charge on any atom is -0.454 e. The van der Waals surface area contributed by atoms with Crippen molar-refractivity contribution in [3.63, 3.8) is 0 Å². The minimum atomic E-state index is -1.05. The Hall–Kier alpha value is -2.01. The second-order valence-electron chi connectivity index (χ2n) is 3.65. The van der Waals surface area contributed by atoms with Crippen LogP contribution in [0.15, 0.2) is 36.4 Å². The van der Waals surface area contributed by atoms with Gasteiger partial charge in [0.2, 0.25) is 0 Å². The Bertz CT molecular complexity index is 572. The predicted octanol–water partition coefficient (Wildman–Crippen LogP) is 3.35. The van der Waals surface area contributed by atoms with Crippen LogP contribution >= 0.6 is 0 Å². The summed E-state index contributed by atoms with van der Waals surface area (Å²) in [5.74, 6) is -2.69. The molecule has 18 heavy (non-hydrogen) atoms. The van der Waals surface area contributed by atoms with E-state index in [1.165, 1.54) is 18.2 Å². The van der Waals surface area contributed by atoms with Gasteiger partial charge >= 0.3 is 0 Å². The van der Waals surface area contributed by atoms with Gasteiger partial charge in [-0.05, 0) is 29.8 Å². The van der Waals surface area contributed by atoms with Gasteiger partial charge in [-0.3, -0.25) is 0 Å². The number of halogens is 3. The Kier molecular flexibility index (Phi) is 3.53. The molecule has 0 saturated carbocycles. The maximum atomic E-state index is 13.6. The highest BCUT2D eigenvalue weighted by molar-refractivity contribution is 5.34. The Morgan fingerprint density at radius 1 is 0.889 bits per heavy atom. The third kappa shape index (κ3) is 2.62. The van der Waals surface area contributed by atoms with E-state index in [4.69, 9.17) is 10.5 Å². The normalized spacial score (nSPS) is 10.4. The lowest BCUT2D eigenvalue weighted by Crippen LogP contribution is -1.98. The van der Waals surface area contributed by atoms with Gasteiger partial charge in [0, 0.05) is 12.6 Å². The van der Waals surface area contributed by atoms with Crippen LogP contribution in [0.25, 0.3) is 0 Å². The number of rotatable bonds is 3. The van der Waals surface area contributed by atoms with E-state index in [1.807, 2.05) is 0 Å². The molecule has 5 heteroatoms. The monoisotopic (exact) mass is 253 g/mol. The van der Waals surface area contributed by atoms with Crippen LogP contribution in [0.4, 0.5) is 13.2 Å². The summed E-state index contributed by atoms with van der Waals surface area (Å²) in [5.41, 5.74) is 5.97. The first-order valence-corrected chi connectivity index (χ1v) is 5.21. The molecule has 2 aromatic carbocycles. The largest absolute Gasteiger partial charge is 0.454 e. The lowest BCUT2D eigenvalue weighted by Gasteiger charge is -2.08. The van der Waals surface area contributed by atoms with E-state index in [0.29, 0.717) is 5.56 Å². The fraction of sp³-hybridized carbons (Fsp3) is 0.0769. The van der Waals surface area contributed by atoms with Crippen LogP contribution in [0.3, 0.4) is 0 Å². The highest BCUT2D eigenvalue weighted by Gasteiger charge is 2.08. The van der Waals surface area contributed by atoms with Crippen LogP contribution in [-0.2, 0) is 6.54 Å². The van der Waals surface area contributed by atoms with Crippen LogP contribution in [-0.4, -0.2) is 0 Å². The van der Waals surface area contributed by atoms with Gasteiger partial charge in [-0.2, -0.15) is 0 Å². The maximum absolute atomic E-state index is 13.6. The summed E-state index contributed by atoms with van der Waals surface area (Å²) in [4.78, 5) is 0. The van der Waals surface area contributed by atoms with Crippen molar-refractivity contribution in [2.24, 2.45) is 5.73 Å². The molecule has 0 amide bonds. The first-order valence-electron chi connectivity index (χ1n) is 5.21. The van der Waals surface area contributed by atoms with Crippen LogP contribution < -0.4 is 10.5 Å². The van der Waals surface area contributed by atoms with Gasteiger partial charge in [0.25, 0.3) is 0 Å². The molecule has 0 heterocycles. The number of hydrogen-bond acceptors (Lipinski definition) is 2. The molecule has 0 spiro atoms. The maximum Gasteiger partial charge on any atom is 0.166 e. The zero-order valence-corrected chi connectivity index (χ0v) is 9.29. The van der Waals surface area contributed by atoms with Gasteiger partial charge in [0.05, 0.1) is 0 Å². The molecular weight excluding hydrogens is 243 g/mol. The second-order valence-corrected chi connectivity index (χ2v) is 3.65. The molecule has 2 rings (SSSR count). The van der Waals surface area contributed by atoms with Gasteiger partial charge in [0.15, 0.2) is 23.2 Å². The van der Waals surface area contributed by atoms with E-state index < -0.39 is 17.5 Å². The van der Waals surface area contributed by atoms with Crippen molar-refractivity contribution < 1.29 is 17.9 Å². The molecule has 94 valence electrons. The molecule has 0 aliphatic heterocycles. The summed E-state index contributed by atoms with van der Waals surface area (Å²) in [5, 5.41) is 0. The molecule has 0 aromatic heterocycles. The molecule has 2 aromatic rings. The minimum absolute atomic E-state index is 0.0216. The van der Waals surface area contributed by atoms with Crippen LogP contribution in [0.2, 0.25) is 0 Å². The summed E-state index contributed by atoms with van der Waals surface area (Å²) in [6, 6.07) is 7.20. The topological polar surface area (TPSA) is 35.2 Å². The van der Waals surface area contributed by atoms with Gasteiger partial charge in [-0.25, -0.2) is 13.2 Å². The Morgan fingerprint density at radius 3 is 2.28 bits per heavy atom. The molecule has 0 aliphatic carbocycles. The fourth-order valence-electron chi connectivity index (χ4n) is 1.42. The molecule has 0 unspecified atom stereocenters. The lowest BCUT2D eigenvalue weighted by atomic mass is 10.2. The summed E-state index contributed by atoms with van der Waals surface area (Å²) in [6.07, 6.45) is 0.